The Balaban J connectivity index is 2.38. The van der Waals surface area contributed by atoms with Crippen LogP contribution in [0.15, 0.2) is 12.1 Å². The first kappa shape index (κ1) is 15.0. The highest BCUT2D eigenvalue weighted by Crippen LogP contribution is 2.32. The number of hydrogen-bond acceptors (Lipinski definition) is 3. The number of anilines is 1. The van der Waals surface area contributed by atoms with Gasteiger partial charge in [-0.05, 0) is 43.0 Å². The Morgan fingerprint density at radius 2 is 2.00 bits per heavy atom. The maximum atomic E-state index is 12.1. The van der Waals surface area contributed by atoms with E-state index in [-0.39, 0.29) is 11.9 Å². The van der Waals surface area contributed by atoms with Crippen LogP contribution >= 0.6 is 15.9 Å². The molecule has 1 atom stereocenters. The monoisotopic (exact) mass is 339 g/mol. The van der Waals surface area contributed by atoms with Crippen molar-refractivity contribution in [2.24, 2.45) is 5.92 Å². The number of benzene rings is 1. The van der Waals surface area contributed by atoms with Crippen molar-refractivity contribution in [3.63, 3.8) is 0 Å². The molecule has 2 rings (SSSR count). The second kappa shape index (κ2) is 5.95. The van der Waals surface area contributed by atoms with Crippen LogP contribution in [-0.2, 0) is 9.53 Å². The molecule has 1 aliphatic rings. The standard InChI is InChI=1S/C15H18BrNO3/c1-9-4-12(15(19)20-3)5-10(2)14(9)17-8-11(7-16)6-13(17)18/h4-5,11H,6-8H2,1-3H3. The average molecular weight is 340 g/mol. The maximum Gasteiger partial charge on any atom is 0.337 e. The third kappa shape index (κ3) is 2.73. The summed E-state index contributed by atoms with van der Waals surface area (Å²) < 4.78 is 4.74. The fourth-order valence-corrected chi connectivity index (χ4v) is 3.15. The highest BCUT2D eigenvalue weighted by atomic mass is 79.9. The molecule has 1 heterocycles. The number of rotatable bonds is 3. The fraction of sp³-hybridized carbons (Fsp3) is 0.467. The lowest BCUT2D eigenvalue weighted by Gasteiger charge is -2.22. The summed E-state index contributed by atoms with van der Waals surface area (Å²) >= 11 is 3.44. The van der Waals surface area contributed by atoms with Gasteiger partial charge in [-0.25, -0.2) is 4.79 Å². The molecule has 0 aliphatic carbocycles. The number of carbonyl (C=O) groups is 2. The first-order valence-corrected chi connectivity index (χ1v) is 7.66. The van der Waals surface area contributed by atoms with Crippen molar-refractivity contribution in [1.29, 1.82) is 0 Å². The van der Waals surface area contributed by atoms with E-state index in [2.05, 4.69) is 15.9 Å². The van der Waals surface area contributed by atoms with Crippen molar-refractivity contribution in [2.45, 2.75) is 20.3 Å². The molecular weight excluding hydrogens is 322 g/mol. The lowest BCUT2D eigenvalue weighted by molar-refractivity contribution is -0.117. The molecule has 108 valence electrons. The van der Waals surface area contributed by atoms with E-state index < -0.39 is 0 Å². The molecule has 0 bridgehead atoms. The van der Waals surface area contributed by atoms with Gasteiger partial charge in [0.25, 0.3) is 0 Å². The topological polar surface area (TPSA) is 46.6 Å². The van der Waals surface area contributed by atoms with Crippen molar-refractivity contribution >= 4 is 33.5 Å². The Hall–Kier alpha value is -1.36. The molecule has 1 fully saturated rings. The predicted molar refractivity (Wildman–Crippen MR) is 81.5 cm³/mol. The fourth-order valence-electron chi connectivity index (χ4n) is 2.72. The molecule has 0 aromatic heterocycles. The number of carbonyl (C=O) groups excluding carboxylic acids is 2. The van der Waals surface area contributed by atoms with Gasteiger partial charge in [0.15, 0.2) is 0 Å². The molecule has 1 aromatic rings. The van der Waals surface area contributed by atoms with Gasteiger partial charge >= 0.3 is 5.97 Å². The van der Waals surface area contributed by atoms with Gasteiger partial charge in [0.05, 0.1) is 12.7 Å². The first-order valence-electron chi connectivity index (χ1n) is 6.53. The van der Waals surface area contributed by atoms with Gasteiger partial charge in [0.2, 0.25) is 5.91 Å². The zero-order valence-electron chi connectivity index (χ0n) is 11.9. The van der Waals surface area contributed by atoms with Crippen LogP contribution in [0.5, 0.6) is 0 Å². The van der Waals surface area contributed by atoms with Gasteiger partial charge in [-0.15, -0.1) is 0 Å². The van der Waals surface area contributed by atoms with Gasteiger partial charge in [-0.2, -0.15) is 0 Å². The van der Waals surface area contributed by atoms with Gasteiger partial charge in [-0.1, -0.05) is 15.9 Å². The molecule has 0 spiro atoms. The summed E-state index contributed by atoms with van der Waals surface area (Å²) in [5, 5.41) is 0.827. The van der Waals surface area contributed by atoms with Gasteiger partial charge in [0.1, 0.15) is 0 Å². The number of amides is 1. The largest absolute Gasteiger partial charge is 0.465 e. The molecule has 1 aliphatic heterocycles. The molecule has 4 nitrogen and oxygen atoms in total. The number of alkyl halides is 1. The zero-order valence-corrected chi connectivity index (χ0v) is 13.5. The molecule has 1 unspecified atom stereocenters. The zero-order chi connectivity index (χ0) is 14.9. The van der Waals surface area contributed by atoms with Crippen molar-refractivity contribution in [3.05, 3.63) is 28.8 Å². The molecule has 0 radical (unpaired) electrons. The highest BCUT2D eigenvalue weighted by molar-refractivity contribution is 9.09. The maximum absolute atomic E-state index is 12.1. The van der Waals surface area contributed by atoms with Crippen LogP contribution < -0.4 is 4.90 Å². The van der Waals surface area contributed by atoms with Crippen LogP contribution in [0, 0.1) is 19.8 Å². The van der Waals surface area contributed by atoms with Crippen molar-refractivity contribution < 1.29 is 14.3 Å². The van der Waals surface area contributed by atoms with E-state index in [9.17, 15) is 9.59 Å². The van der Waals surface area contributed by atoms with Gasteiger partial charge in [-0.3, -0.25) is 4.79 Å². The third-order valence-electron chi connectivity index (χ3n) is 3.61. The summed E-state index contributed by atoms with van der Waals surface area (Å²) in [4.78, 5) is 25.6. The Morgan fingerprint density at radius 1 is 1.40 bits per heavy atom. The summed E-state index contributed by atoms with van der Waals surface area (Å²) in [7, 11) is 1.37. The summed E-state index contributed by atoms with van der Waals surface area (Å²) in [5.74, 6) is 0.141. The second-order valence-corrected chi connectivity index (χ2v) is 5.83. The number of halogens is 1. The summed E-state index contributed by atoms with van der Waals surface area (Å²) in [6, 6.07) is 3.56. The van der Waals surface area contributed by atoms with E-state index >= 15 is 0 Å². The molecular formula is C15H18BrNO3. The Bertz CT molecular complexity index is 533. The van der Waals surface area contributed by atoms with Crippen LogP contribution in [0.25, 0.3) is 0 Å². The minimum Gasteiger partial charge on any atom is -0.465 e. The van der Waals surface area contributed by atoms with Crippen molar-refractivity contribution in [2.75, 3.05) is 23.9 Å². The summed E-state index contributed by atoms with van der Waals surface area (Å²) in [5.41, 5.74) is 3.30. The van der Waals surface area contributed by atoms with E-state index in [1.807, 2.05) is 18.7 Å². The molecule has 5 heteroatoms. The second-order valence-electron chi connectivity index (χ2n) is 5.18. The van der Waals surface area contributed by atoms with E-state index in [0.717, 1.165) is 28.7 Å². The highest BCUT2D eigenvalue weighted by Gasteiger charge is 2.31. The van der Waals surface area contributed by atoms with Crippen molar-refractivity contribution in [1.82, 2.24) is 0 Å². The minimum atomic E-state index is -0.353. The number of methoxy groups -OCH3 is 1. The summed E-state index contributed by atoms with van der Waals surface area (Å²) in [6.07, 6.45) is 0.572. The number of aryl methyl sites for hydroxylation is 2. The quantitative estimate of drug-likeness (QED) is 0.628. The van der Waals surface area contributed by atoms with Crippen molar-refractivity contribution in [3.8, 4) is 0 Å². The lowest BCUT2D eigenvalue weighted by atomic mass is 10.0. The summed E-state index contributed by atoms with van der Waals surface area (Å²) in [6.45, 7) is 4.57. The molecule has 1 amide bonds. The lowest BCUT2D eigenvalue weighted by Crippen LogP contribution is -2.26. The predicted octanol–water partition coefficient (Wildman–Crippen LogP) is 2.84. The number of ether oxygens (including phenoxy) is 1. The third-order valence-corrected chi connectivity index (χ3v) is 4.52. The van der Waals surface area contributed by atoms with Crippen LogP contribution in [0.3, 0.4) is 0 Å². The van der Waals surface area contributed by atoms with E-state index in [4.69, 9.17) is 4.74 Å². The molecule has 20 heavy (non-hydrogen) atoms. The Labute approximate surface area is 127 Å². The smallest absolute Gasteiger partial charge is 0.337 e. The van der Waals surface area contributed by atoms with E-state index in [0.29, 0.717) is 17.9 Å². The first-order chi connectivity index (χ1) is 9.47. The van der Waals surface area contributed by atoms with Crippen LogP contribution in [0.1, 0.15) is 27.9 Å². The Morgan fingerprint density at radius 3 is 2.45 bits per heavy atom. The number of nitrogens with zero attached hydrogens (tertiary/aromatic N) is 1. The van der Waals surface area contributed by atoms with Gasteiger partial charge in [0, 0.05) is 24.0 Å². The van der Waals surface area contributed by atoms with Crippen LogP contribution in [-0.4, -0.2) is 30.9 Å². The molecule has 1 saturated heterocycles. The number of esters is 1. The average Bonchev–Trinajstić information content (AvgIpc) is 2.78. The Kier molecular flexibility index (Phi) is 4.48. The van der Waals surface area contributed by atoms with E-state index in [1.54, 1.807) is 12.1 Å². The minimum absolute atomic E-state index is 0.145. The number of hydrogen-bond donors (Lipinski definition) is 0. The van der Waals surface area contributed by atoms with Gasteiger partial charge < -0.3 is 9.64 Å². The van der Waals surface area contributed by atoms with E-state index in [1.165, 1.54) is 7.11 Å². The SMILES string of the molecule is COC(=O)c1cc(C)c(N2CC(CBr)CC2=O)c(C)c1. The molecule has 0 N–H and O–H groups in total. The molecule has 0 saturated carbocycles. The normalized spacial score (nSPS) is 18.5. The van der Waals surface area contributed by atoms with Crippen LogP contribution in [0.2, 0.25) is 0 Å². The molecule has 1 aromatic carbocycles. The van der Waals surface area contributed by atoms with Crippen LogP contribution in [0.4, 0.5) is 5.69 Å².